The van der Waals surface area contributed by atoms with Gasteiger partial charge in [-0.3, -0.25) is 9.69 Å². The molecule has 2 N–H and O–H groups in total. The maximum atomic E-state index is 12.7. The van der Waals surface area contributed by atoms with Crippen LogP contribution in [0.1, 0.15) is 51.0 Å². The van der Waals surface area contributed by atoms with Crippen LogP contribution >= 0.6 is 0 Å². The van der Waals surface area contributed by atoms with Crippen LogP contribution < -0.4 is 15.4 Å². The van der Waals surface area contributed by atoms with Gasteiger partial charge in [-0.1, -0.05) is 32.8 Å². The van der Waals surface area contributed by atoms with E-state index in [4.69, 9.17) is 4.74 Å². The van der Waals surface area contributed by atoms with Gasteiger partial charge in [-0.2, -0.15) is 0 Å². The van der Waals surface area contributed by atoms with E-state index >= 15 is 0 Å². The smallest absolute Gasteiger partial charge is 0.317 e. The lowest BCUT2D eigenvalue weighted by Gasteiger charge is -2.40. The summed E-state index contributed by atoms with van der Waals surface area (Å²) in [5.74, 6) is 1.03. The number of ether oxygens (including phenoxy) is 1. The number of nitrogens with one attached hydrogen (secondary N) is 2. The van der Waals surface area contributed by atoms with Crippen LogP contribution in [0, 0.1) is 0 Å². The fourth-order valence-electron chi connectivity index (χ4n) is 4.47. The molecule has 3 amide bonds. The van der Waals surface area contributed by atoms with Crippen molar-refractivity contribution in [3.8, 4) is 5.75 Å². The number of urea groups is 1. The third kappa shape index (κ3) is 4.66. The summed E-state index contributed by atoms with van der Waals surface area (Å²) in [5, 5.41) is 6.19. The first-order valence-corrected chi connectivity index (χ1v) is 10.9. The topological polar surface area (TPSA) is 73.9 Å². The van der Waals surface area contributed by atoms with E-state index in [1.54, 1.807) is 0 Å². The number of hydrogen-bond donors (Lipinski definition) is 2. The minimum atomic E-state index is -0.0356. The zero-order valence-electron chi connectivity index (χ0n) is 17.4. The normalized spacial score (nSPS) is 23.3. The summed E-state index contributed by atoms with van der Waals surface area (Å²) in [6, 6.07) is 6.32. The standard InChI is InChI=1S/C22H32N4O3/c1-15(2)16-7-8-20-19(11-16)24-21(27)13-25-9-10-26(12-18(25)14-29-20)22(28)23-17-5-3-4-6-17/h7-8,11,15,17-18H,3-6,9-10,12-14H2,1-2H3,(H,23,28)(H,24,27)/t18-/m0/s1. The second kappa shape index (κ2) is 8.61. The predicted octanol–water partition coefficient (Wildman–Crippen LogP) is 2.78. The fourth-order valence-corrected chi connectivity index (χ4v) is 4.47. The highest BCUT2D eigenvalue weighted by molar-refractivity contribution is 5.94. The molecule has 3 aliphatic rings. The number of piperazine rings is 1. The zero-order chi connectivity index (χ0) is 20.4. The Labute approximate surface area is 172 Å². The molecule has 158 valence electrons. The van der Waals surface area contributed by atoms with Crippen molar-refractivity contribution in [1.29, 1.82) is 0 Å². The fraction of sp³-hybridized carbons (Fsp3) is 0.636. The molecular weight excluding hydrogens is 368 g/mol. The van der Waals surface area contributed by atoms with Crippen molar-refractivity contribution in [3.63, 3.8) is 0 Å². The van der Waals surface area contributed by atoms with Crippen LogP contribution in [0.5, 0.6) is 5.75 Å². The van der Waals surface area contributed by atoms with Gasteiger partial charge in [0.25, 0.3) is 0 Å². The summed E-state index contributed by atoms with van der Waals surface area (Å²) in [6.45, 7) is 6.91. The number of benzene rings is 1. The lowest BCUT2D eigenvalue weighted by Crippen LogP contribution is -2.60. The van der Waals surface area contributed by atoms with E-state index in [1.807, 2.05) is 23.1 Å². The van der Waals surface area contributed by atoms with Gasteiger partial charge < -0.3 is 20.3 Å². The minimum Gasteiger partial charge on any atom is -0.490 e. The van der Waals surface area contributed by atoms with Gasteiger partial charge in [0.2, 0.25) is 5.91 Å². The average Bonchev–Trinajstić information content (AvgIpc) is 3.21. The van der Waals surface area contributed by atoms with E-state index in [0.29, 0.717) is 50.5 Å². The molecular formula is C22H32N4O3. The van der Waals surface area contributed by atoms with E-state index < -0.39 is 0 Å². The monoisotopic (exact) mass is 400 g/mol. The van der Waals surface area contributed by atoms with E-state index in [9.17, 15) is 9.59 Å². The van der Waals surface area contributed by atoms with Crippen molar-refractivity contribution in [2.45, 2.75) is 57.5 Å². The molecule has 2 fully saturated rings. The molecule has 4 rings (SSSR count). The number of nitrogens with zero attached hydrogens (tertiary/aromatic N) is 2. The van der Waals surface area contributed by atoms with Crippen LogP contribution in [0.15, 0.2) is 18.2 Å². The van der Waals surface area contributed by atoms with Gasteiger partial charge in [-0.15, -0.1) is 0 Å². The van der Waals surface area contributed by atoms with E-state index in [1.165, 1.54) is 18.4 Å². The molecule has 1 saturated heterocycles. The summed E-state index contributed by atoms with van der Waals surface area (Å²) < 4.78 is 6.11. The summed E-state index contributed by atoms with van der Waals surface area (Å²) >= 11 is 0. The van der Waals surface area contributed by atoms with Crippen LogP contribution in [0.3, 0.4) is 0 Å². The Balaban J connectivity index is 1.45. The van der Waals surface area contributed by atoms with Gasteiger partial charge in [0.05, 0.1) is 18.3 Å². The highest BCUT2D eigenvalue weighted by atomic mass is 16.5. The Kier molecular flexibility index (Phi) is 5.94. The molecule has 0 unspecified atom stereocenters. The van der Waals surface area contributed by atoms with Crippen LogP contribution in [0.2, 0.25) is 0 Å². The van der Waals surface area contributed by atoms with Crippen LogP contribution in [-0.4, -0.2) is 66.6 Å². The summed E-state index contributed by atoms with van der Waals surface area (Å²) in [7, 11) is 0. The maximum absolute atomic E-state index is 12.7. The first-order chi connectivity index (χ1) is 14.0. The zero-order valence-corrected chi connectivity index (χ0v) is 17.4. The molecule has 1 aromatic carbocycles. The Morgan fingerprint density at radius 3 is 2.79 bits per heavy atom. The number of hydrogen-bond acceptors (Lipinski definition) is 4. The number of carbonyl (C=O) groups excluding carboxylic acids is 2. The average molecular weight is 401 g/mol. The van der Waals surface area contributed by atoms with Crippen LogP contribution in [-0.2, 0) is 4.79 Å². The number of rotatable bonds is 2. The van der Waals surface area contributed by atoms with Gasteiger partial charge in [0.1, 0.15) is 12.4 Å². The van der Waals surface area contributed by atoms with Crippen LogP contribution in [0.25, 0.3) is 0 Å². The van der Waals surface area contributed by atoms with Crippen molar-refractivity contribution >= 4 is 17.6 Å². The Morgan fingerprint density at radius 2 is 2.03 bits per heavy atom. The van der Waals surface area contributed by atoms with Gasteiger partial charge in [-0.05, 0) is 36.5 Å². The van der Waals surface area contributed by atoms with Crippen molar-refractivity contribution < 1.29 is 14.3 Å². The highest BCUT2D eigenvalue weighted by Crippen LogP contribution is 2.30. The molecule has 0 radical (unpaired) electrons. The van der Waals surface area contributed by atoms with E-state index in [-0.39, 0.29) is 18.0 Å². The second-order valence-corrected chi connectivity index (χ2v) is 8.77. The molecule has 1 saturated carbocycles. The molecule has 1 atom stereocenters. The molecule has 1 aromatic rings. The Morgan fingerprint density at radius 1 is 1.24 bits per heavy atom. The van der Waals surface area contributed by atoms with E-state index in [0.717, 1.165) is 18.5 Å². The second-order valence-electron chi connectivity index (χ2n) is 8.77. The molecule has 7 nitrogen and oxygen atoms in total. The summed E-state index contributed by atoms with van der Waals surface area (Å²) in [4.78, 5) is 29.3. The molecule has 0 spiro atoms. The summed E-state index contributed by atoms with van der Waals surface area (Å²) in [6.07, 6.45) is 4.55. The van der Waals surface area contributed by atoms with Gasteiger partial charge >= 0.3 is 6.03 Å². The van der Waals surface area contributed by atoms with Crippen molar-refractivity contribution in [2.75, 3.05) is 38.1 Å². The largest absolute Gasteiger partial charge is 0.490 e. The predicted molar refractivity (Wildman–Crippen MR) is 112 cm³/mol. The molecule has 2 aliphatic heterocycles. The summed E-state index contributed by atoms with van der Waals surface area (Å²) in [5.41, 5.74) is 1.90. The van der Waals surface area contributed by atoms with Crippen LogP contribution in [0.4, 0.5) is 10.5 Å². The quantitative estimate of drug-likeness (QED) is 0.801. The number of fused-ring (bicyclic) bond motifs is 2. The molecule has 7 heteroatoms. The number of amides is 3. The van der Waals surface area contributed by atoms with Gasteiger partial charge in [0, 0.05) is 25.7 Å². The molecule has 0 bridgehead atoms. The lowest BCUT2D eigenvalue weighted by molar-refractivity contribution is -0.118. The number of anilines is 1. The first-order valence-electron chi connectivity index (χ1n) is 10.9. The third-order valence-corrected chi connectivity index (χ3v) is 6.30. The van der Waals surface area contributed by atoms with Gasteiger partial charge in [-0.25, -0.2) is 4.79 Å². The highest BCUT2D eigenvalue weighted by Gasteiger charge is 2.33. The van der Waals surface area contributed by atoms with E-state index in [2.05, 4.69) is 29.4 Å². The molecule has 0 aromatic heterocycles. The van der Waals surface area contributed by atoms with Gasteiger partial charge in [0.15, 0.2) is 0 Å². The van der Waals surface area contributed by atoms with Crippen molar-refractivity contribution in [3.05, 3.63) is 23.8 Å². The Hall–Kier alpha value is -2.28. The first kappa shape index (κ1) is 20.0. The lowest BCUT2D eigenvalue weighted by atomic mass is 10.0. The SMILES string of the molecule is CC(C)c1ccc2c(c1)NC(=O)CN1CCN(C(=O)NC3CCCC3)C[C@H]1CO2. The number of carbonyl (C=O) groups is 2. The molecule has 1 aliphatic carbocycles. The Bertz CT molecular complexity index is 760. The minimum absolute atomic E-state index is 0.000414. The maximum Gasteiger partial charge on any atom is 0.317 e. The van der Waals surface area contributed by atoms with Crippen molar-refractivity contribution in [1.82, 2.24) is 15.1 Å². The third-order valence-electron chi connectivity index (χ3n) is 6.30. The molecule has 2 heterocycles. The van der Waals surface area contributed by atoms with Crippen molar-refractivity contribution in [2.24, 2.45) is 0 Å². The molecule has 29 heavy (non-hydrogen) atoms.